The summed E-state index contributed by atoms with van der Waals surface area (Å²) in [5.41, 5.74) is 7.58. The molecule has 1 fully saturated rings. The number of hydrogen-bond acceptors (Lipinski definition) is 7. The van der Waals surface area contributed by atoms with E-state index in [1.807, 2.05) is 41.3 Å². The maximum Gasteiger partial charge on any atom is 0.320 e. The summed E-state index contributed by atoms with van der Waals surface area (Å²) in [6.07, 6.45) is 3.55. The van der Waals surface area contributed by atoms with Crippen LogP contribution in [-0.4, -0.2) is 72.8 Å². The fraction of sp³-hybridized carbons (Fsp3) is 0.412. The van der Waals surface area contributed by atoms with Gasteiger partial charge < -0.3 is 23.9 Å². The van der Waals surface area contributed by atoms with Crippen molar-refractivity contribution in [3.05, 3.63) is 65.2 Å². The van der Waals surface area contributed by atoms with E-state index in [4.69, 9.17) is 18.9 Å². The standard InChI is InChI=1S/C34H41N3O5/c1-22-25(26-12-9-15-30(23(26)2)41-18-10-16-36(3)4)11-8-13-27(22)33-35-28-19-24(31(40-5)20-32(28)42-33)21-37-17-7-6-14-29(37)34(38)39/h8-9,11-13,15,19-20,29H,6-7,10,14,16-18,21H2,1-5H3,(H,38,39). The Morgan fingerprint density at radius 1 is 1.05 bits per heavy atom. The highest BCUT2D eigenvalue weighted by atomic mass is 16.5. The lowest BCUT2D eigenvalue weighted by Gasteiger charge is -2.33. The number of rotatable bonds is 11. The van der Waals surface area contributed by atoms with Crippen molar-refractivity contribution in [3.63, 3.8) is 0 Å². The normalized spacial score (nSPS) is 15.8. The minimum Gasteiger partial charge on any atom is -0.496 e. The van der Waals surface area contributed by atoms with E-state index in [9.17, 15) is 9.90 Å². The van der Waals surface area contributed by atoms with Crippen LogP contribution in [0.25, 0.3) is 33.7 Å². The Labute approximate surface area is 247 Å². The van der Waals surface area contributed by atoms with Crippen LogP contribution in [0.1, 0.15) is 42.4 Å². The third kappa shape index (κ3) is 6.30. The van der Waals surface area contributed by atoms with Crippen molar-refractivity contribution >= 4 is 17.1 Å². The molecule has 0 saturated carbocycles. The number of methoxy groups -OCH3 is 1. The highest BCUT2D eigenvalue weighted by molar-refractivity contribution is 5.83. The molecule has 1 saturated heterocycles. The maximum absolute atomic E-state index is 11.9. The van der Waals surface area contributed by atoms with Crippen LogP contribution >= 0.6 is 0 Å². The van der Waals surface area contributed by atoms with Gasteiger partial charge in [0, 0.05) is 30.3 Å². The Morgan fingerprint density at radius 3 is 2.52 bits per heavy atom. The van der Waals surface area contributed by atoms with Gasteiger partial charge in [-0.15, -0.1) is 0 Å². The number of carboxylic acids is 1. The quantitative estimate of drug-likeness (QED) is 0.203. The number of aliphatic carboxylic acids is 1. The number of piperidine rings is 1. The number of carboxylic acid groups (broad SMARTS) is 1. The Bertz CT molecular complexity index is 1560. The minimum absolute atomic E-state index is 0.484. The van der Waals surface area contributed by atoms with Crippen molar-refractivity contribution in [2.45, 2.75) is 52.1 Å². The van der Waals surface area contributed by atoms with Gasteiger partial charge in [-0.3, -0.25) is 9.69 Å². The van der Waals surface area contributed by atoms with Gasteiger partial charge in [-0.05, 0) is 94.2 Å². The first-order valence-electron chi connectivity index (χ1n) is 14.7. The van der Waals surface area contributed by atoms with Crippen LogP contribution in [0, 0.1) is 13.8 Å². The molecule has 0 bridgehead atoms. The van der Waals surface area contributed by atoms with E-state index in [1.165, 1.54) is 0 Å². The number of oxazole rings is 1. The number of likely N-dealkylation sites (tertiary alicyclic amines) is 1. The molecule has 42 heavy (non-hydrogen) atoms. The van der Waals surface area contributed by atoms with Crippen LogP contribution < -0.4 is 9.47 Å². The summed E-state index contributed by atoms with van der Waals surface area (Å²) in [5.74, 6) is 1.34. The van der Waals surface area contributed by atoms with Gasteiger partial charge in [-0.25, -0.2) is 4.98 Å². The number of fused-ring (bicyclic) bond motifs is 1. The van der Waals surface area contributed by atoms with E-state index in [-0.39, 0.29) is 0 Å². The zero-order chi connectivity index (χ0) is 29.8. The lowest BCUT2D eigenvalue weighted by molar-refractivity contribution is -0.144. The first-order valence-corrected chi connectivity index (χ1v) is 14.7. The molecule has 1 atom stereocenters. The SMILES string of the molecule is COc1cc2oc(-c3cccc(-c4cccc(OCCCN(C)C)c4C)c3C)nc2cc1CN1CCCCC1C(=O)O. The molecule has 8 heteroatoms. The number of aromatic nitrogens is 1. The molecule has 0 aliphatic carbocycles. The summed E-state index contributed by atoms with van der Waals surface area (Å²) in [6, 6.07) is 15.7. The summed E-state index contributed by atoms with van der Waals surface area (Å²) in [6.45, 7) is 7.09. The molecule has 0 spiro atoms. The number of carbonyl (C=O) groups is 1. The molecule has 0 amide bonds. The summed E-state index contributed by atoms with van der Waals surface area (Å²) in [7, 11) is 5.77. The number of nitrogens with zero attached hydrogens (tertiary/aromatic N) is 3. The van der Waals surface area contributed by atoms with Crippen LogP contribution in [-0.2, 0) is 11.3 Å². The number of ether oxygens (including phenoxy) is 2. The monoisotopic (exact) mass is 571 g/mol. The number of hydrogen-bond donors (Lipinski definition) is 1. The average molecular weight is 572 g/mol. The minimum atomic E-state index is -0.773. The molecule has 0 radical (unpaired) electrons. The van der Waals surface area contributed by atoms with Crippen LogP contribution in [0.2, 0.25) is 0 Å². The number of benzene rings is 3. The van der Waals surface area contributed by atoms with E-state index >= 15 is 0 Å². The molecular weight excluding hydrogens is 530 g/mol. The predicted molar refractivity (Wildman–Crippen MR) is 165 cm³/mol. The van der Waals surface area contributed by atoms with Crippen molar-refractivity contribution in [3.8, 4) is 34.1 Å². The van der Waals surface area contributed by atoms with Crippen LogP contribution in [0.5, 0.6) is 11.5 Å². The molecular formula is C34H41N3O5. The second kappa shape index (κ2) is 13.0. The van der Waals surface area contributed by atoms with E-state index in [0.717, 1.165) is 77.0 Å². The molecule has 222 valence electrons. The van der Waals surface area contributed by atoms with Crippen molar-refractivity contribution in [1.29, 1.82) is 0 Å². The molecule has 1 aliphatic heterocycles. The summed E-state index contributed by atoms with van der Waals surface area (Å²) in [5, 5.41) is 9.74. The van der Waals surface area contributed by atoms with E-state index in [2.05, 4.69) is 45.0 Å². The fourth-order valence-corrected chi connectivity index (χ4v) is 5.89. The Morgan fingerprint density at radius 2 is 1.79 bits per heavy atom. The molecule has 2 heterocycles. The van der Waals surface area contributed by atoms with Gasteiger partial charge in [0.1, 0.15) is 23.1 Å². The van der Waals surface area contributed by atoms with Gasteiger partial charge in [0.15, 0.2) is 5.58 Å². The van der Waals surface area contributed by atoms with E-state index < -0.39 is 12.0 Å². The summed E-state index contributed by atoms with van der Waals surface area (Å²) >= 11 is 0. The third-order valence-electron chi connectivity index (χ3n) is 8.21. The molecule has 4 aromatic rings. The first kappa shape index (κ1) is 29.6. The Hall–Kier alpha value is -3.88. The highest BCUT2D eigenvalue weighted by Crippen LogP contribution is 2.38. The fourth-order valence-electron chi connectivity index (χ4n) is 5.89. The Balaban J connectivity index is 1.44. The summed E-state index contributed by atoms with van der Waals surface area (Å²) in [4.78, 5) is 20.9. The average Bonchev–Trinajstić information content (AvgIpc) is 3.38. The van der Waals surface area contributed by atoms with Crippen molar-refractivity contribution in [2.24, 2.45) is 0 Å². The lowest BCUT2D eigenvalue weighted by atomic mass is 9.93. The van der Waals surface area contributed by atoms with Crippen molar-refractivity contribution in [2.75, 3.05) is 40.9 Å². The summed E-state index contributed by atoms with van der Waals surface area (Å²) < 4.78 is 18.1. The highest BCUT2D eigenvalue weighted by Gasteiger charge is 2.29. The molecule has 8 nitrogen and oxygen atoms in total. The van der Waals surface area contributed by atoms with Crippen LogP contribution in [0.3, 0.4) is 0 Å². The largest absolute Gasteiger partial charge is 0.496 e. The second-order valence-corrected chi connectivity index (χ2v) is 11.4. The van der Waals surface area contributed by atoms with Gasteiger partial charge in [-0.1, -0.05) is 30.7 Å². The zero-order valence-electron chi connectivity index (χ0n) is 25.3. The van der Waals surface area contributed by atoms with Crippen molar-refractivity contribution in [1.82, 2.24) is 14.8 Å². The third-order valence-corrected chi connectivity index (χ3v) is 8.21. The van der Waals surface area contributed by atoms with Crippen LogP contribution in [0.15, 0.2) is 52.9 Å². The molecule has 1 aromatic heterocycles. The van der Waals surface area contributed by atoms with Crippen molar-refractivity contribution < 1.29 is 23.8 Å². The zero-order valence-corrected chi connectivity index (χ0v) is 25.3. The first-order chi connectivity index (χ1) is 20.3. The molecule has 1 unspecified atom stereocenters. The van der Waals surface area contributed by atoms with Gasteiger partial charge in [0.2, 0.25) is 5.89 Å². The predicted octanol–water partition coefficient (Wildman–Crippen LogP) is 6.56. The maximum atomic E-state index is 11.9. The lowest BCUT2D eigenvalue weighted by Crippen LogP contribution is -2.44. The van der Waals surface area contributed by atoms with E-state index in [1.54, 1.807) is 7.11 Å². The van der Waals surface area contributed by atoms with Gasteiger partial charge in [0.25, 0.3) is 0 Å². The Kier molecular flexibility index (Phi) is 9.14. The molecule has 1 N–H and O–H groups in total. The molecule has 5 rings (SSSR count). The smallest absolute Gasteiger partial charge is 0.320 e. The van der Waals surface area contributed by atoms with Gasteiger partial charge in [-0.2, -0.15) is 0 Å². The molecule has 1 aliphatic rings. The topological polar surface area (TPSA) is 88.3 Å². The van der Waals surface area contributed by atoms with E-state index in [0.29, 0.717) is 36.8 Å². The van der Waals surface area contributed by atoms with Crippen LogP contribution in [0.4, 0.5) is 0 Å². The molecule has 3 aromatic carbocycles. The second-order valence-electron chi connectivity index (χ2n) is 11.4. The van der Waals surface area contributed by atoms with Gasteiger partial charge >= 0.3 is 5.97 Å². The van der Waals surface area contributed by atoms with Gasteiger partial charge in [0.05, 0.1) is 13.7 Å².